The highest BCUT2D eigenvalue weighted by Crippen LogP contribution is 2.11. The molecule has 0 aromatic carbocycles. The number of aliphatic hydroxyl groups excluding tert-OH is 1. The highest BCUT2D eigenvalue weighted by molar-refractivity contribution is 5.98. The molecule has 0 radical (unpaired) electrons. The zero-order valence-electron chi connectivity index (χ0n) is 27.9. The molecule has 0 spiro atoms. The highest BCUT2D eigenvalue weighted by Gasteiger charge is 2.36. The van der Waals surface area contributed by atoms with E-state index in [1.54, 1.807) is 27.7 Å². The summed E-state index contributed by atoms with van der Waals surface area (Å²) >= 11 is 0. The van der Waals surface area contributed by atoms with Crippen LogP contribution in [0.3, 0.4) is 0 Å². The van der Waals surface area contributed by atoms with Gasteiger partial charge in [-0.1, -0.05) is 34.1 Å². The van der Waals surface area contributed by atoms with Crippen molar-refractivity contribution in [1.82, 2.24) is 26.6 Å². The Kier molecular flexibility index (Phi) is 19.1. The Morgan fingerprint density at radius 2 is 1.06 bits per heavy atom. The van der Waals surface area contributed by atoms with Crippen LogP contribution in [0.2, 0.25) is 0 Å². The van der Waals surface area contributed by atoms with Gasteiger partial charge >= 0.3 is 23.9 Å². The maximum Gasteiger partial charge on any atom is 0.326 e. The van der Waals surface area contributed by atoms with Gasteiger partial charge in [0, 0.05) is 6.42 Å². The smallest absolute Gasteiger partial charge is 0.326 e. The minimum Gasteiger partial charge on any atom is -0.481 e. The first-order chi connectivity index (χ1) is 22.6. The summed E-state index contributed by atoms with van der Waals surface area (Å²) in [6, 6.07) is -9.76. The summed E-state index contributed by atoms with van der Waals surface area (Å²) < 4.78 is 0. The Balaban J connectivity index is 6.13. The molecule has 0 aromatic rings. The number of aliphatic hydroxyl groups is 1. The van der Waals surface area contributed by atoms with Gasteiger partial charge in [-0.05, 0) is 31.6 Å². The van der Waals surface area contributed by atoms with Crippen LogP contribution in [0.25, 0.3) is 0 Å². The van der Waals surface area contributed by atoms with Gasteiger partial charge in [-0.3, -0.25) is 38.4 Å². The van der Waals surface area contributed by atoms with Crippen molar-refractivity contribution in [3.05, 3.63) is 0 Å². The average molecular weight is 705 g/mol. The molecule has 0 aromatic heterocycles. The standard InChI is InChI=1S/C29H48N6O14/c1-6-13(4)22(29(48)49)34-26(45)17(9-12(2)3)33-28(47)23(14(5)36)35-27(46)18(11-21(41)42)32-25(44)16(7-8-19(37)38)31-24(43)15(30)10-20(39)40/h12-18,22-23,36H,6-11,30H2,1-5H3,(H,31,43)(H,32,44)(H,33,47)(H,34,45)(H,35,46)(H,37,38)(H,39,40)(H,41,42)(H,48,49)/t13-,14+,15-,16-,17-,18-,22-,23-/m0/s1. The minimum absolute atomic E-state index is 0.0160. The van der Waals surface area contributed by atoms with Gasteiger partial charge in [-0.2, -0.15) is 0 Å². The lowest BCUT2D eigenvalue weighted by Crippen LogP contribution is -2.61. The van der Waals surface area contributed by atoms with E-state index in [-0.39, 0.29) is 12.3 Å². The molecular weight excluding hydrogens is 656 g/mol. The Morgan fingerprint density at radius 1 is 0.592 bits per heavy atom. The third kappa shape index (κ3) is 16.7. The van der Waals surface area contributed by atoms with Gasteiger partial charge in [-0.15, -0.1) is 0 Å². The maximum absolute atomic E-state index is 13.3. The highest BCUT2D eigenvalue weighted by atomic mass is 16.4. The van der Waals surface area contributed by atoms with Crippen molar-refractivity contribution in [2.45, 2.75) is 115 Å². The van der Waals surface area contributed by atoms with Crippen LogP contribution >= 0.6 is 0 Å². The molecule has 8 atom stereocenters. The first kappa shape index (κ1) is 44.1. The lowest BCUT2D eigenvalue weighted by Gasteiger charge is -2.29. The number of carboxylic acid groups (broad SMARTS) is 4. The third-order valence-corrected chi connectivity index (χ3v) is 7.20. The average Bonchev–Trinajstić information content (AvgIpc) is 2.97. The van der Waals surface area contributed by atoms with Crippen LogP contribution in [0, 0.1) is 11.8 Å². The molecule has 5 amide bonds. The summed E-state index contributed by atoms with van der Waals surface area (Å²) in [7, 11) is 0. The molecule has 0 heterocycles. The van der Waals surface area contributed by atoms with Crippen molar-refractivity contribution in [1.29, 1.82) is 0 Å². The monoisotopic (exact) mass is 704 g/mol. The van der Waals surface area contributed by atoms with Gasteiger partial charge in [0.25, 0.3) is 0 Å². The van der Waals surface area contributed by atoms with E-state index >= 15 is 0 Å². The normalized spacial score (nSPS) is 15.9. The second-order valence-corrected chi connectivity index (χ2v) is 12.0. The van der Waals surface area contributed by atoms with Crippen molar-refractivity contribution in [3.63, 3.8) is 0 Å². The third-order valence-electron chi connectivity index (χ3n) is 7.20. The van der Waals surface area contributed by atoms with Gasteiger partial charge in [0.2, 0.25) is 29.5 Å². The lowest BCUT2D eigenvalue weighted by molar-refractivity contribution is -0.144. The molecule has 0 aliphatic carbocycles. The molecule has 0 unspecified atom stereocenters. The van der Waals surface area contributed by atoms with E-state index in [1.165, 1.54) is 0 Å². The number of rotatable bonds is 23. The Hall–Kier alpha value is -4.85. The topological polar surface area (TPSA) is 341 Å². The van der Waals surface area contributed by atoms with Crippen molar-refractivity contribution < 1.29 is 68.7 Å². The molecule has 0 rings (SSSR count). The quantitative estimate of drug-likeness (QED) is 0.0508. The Bertz CT molecular complexity index is 1230. The van der Waals surface area contributed by atoms with Gasteiger partial charge in [-0.25, -0.2) is 4.79 Å². The number of nitrogens with one attached hydrogen (secondary N) is 5. The number of carbonyl (C=O) groups is 9. The van der Waals surface area contributed by atoms with E-state index < -0.39 is 127 Å². The molecule has 49 heavy (non-hydrogen) atoms. The molecule has 12 N–H and O–H groups in total. The van der Waals surface area contributed by atoms with Crippen molar-refractivity contribution in [2.24, 2.45) is 17.6 Å². The molecular formula is C29H48N6O14. The molecule has 20 nitrogen and oxygen atoms in total. The predicted molar refractivity (Wildman–Crippen MR) is 167 cm³/mol. The fraction of sp³-hybridized carbons (Fsp3) is 0.690. The first-order valence-corrected chi connectivity index (χ1v) is 15.4. The number of nitrogens with two attached hydrogens (primary N) is 1. The van der Waals surface area contributed by atoms with Crippen molar-refractivity contribution >= 4 is 53.4 Å². The molecule has 0 saturated heterocycles. The molecule has 20 heteroatoms. The van der Waals surface area contributed by atoms with Crippen LogP contribution in [-0.4, -0.2) is 121 Å². The summed E-state index contributed by atoms with van der Waals surface area (Å²) in [5.41, 5.74) is 5.49. The first-order valence-electron chi connectivity index (χ1n) is 15.4. The van der Waals surface area contributed by atoms with Crippen molar-refractivity contribution in [2.75, 3.05) is 0 Å². The van der Waals surface area contributed by atoms with Crippen LogP contribution < -0.4 is 32.3 Å². The lowest BCUT2D eigenvalue weighted by atomic mass is 9.97. The Labute approximate surface area is 281 Å². The van der Waals surface area contributed by atoms with E-state index in [0.717, 1.165) is 6.92 Å². The number of amides is 5. The van der Waals surface area contributed by atoms with Gasteiger partial charge in [0.1, 0.15) is 30.2 Å². The van der Waals surface area contributed by atoms with Crippen molar-refractivity contribution in [3.8, 4) is 0 Å². The van der Waals surface area contributed by atoms with E-state index in [2.05, 4.69) is 21.3 Å². The number of hydrogen-bond acceptors (Lipinski definition) is 11. The molecule has 0 bridgehead atoms. The largest absolute Gasteiger partial charge is 0.481 e. The SMILES string of the molecule is CC[C@H](C)[C@H](NC(=O)[C@H](CC(C)C)NC(=O)[C@@H](NC(=O)[C@H](CC(=O)O)NC(=O)[C@H](CCC(=O)O)NC(=O)[C@@H](N)CC(=O)O)[C@@H](C)O)C(=O)O. The number of hydrogen-bond donors (Lipinski definition) is 11. The Morgan fingerprint density at radius 3 is 1.51 bits per heavy atom. The van der Waals surface area contributed by atoms with E-state index in [4.69, 9.17) is 15.9 Å². The summed E-state index contributed by atoms with van der Waals surface area (Å²) in [6.07, 6.45) is -4.43. The molecule has 0 aliphatic rings. The fourth-order valence-electron chi connectivity index (χ4n) is 4.31. The van der Waals surface area contributed by atoms with Crippen LogP contribution in [0.5, 0.6) is 0 Å². The summed E-state index contributed by atoms with van der Waals surface area (Å²) in [5.74, 6) is -12.1. The molecule has 0 aliphatic heterocycles. The van der Waals surface area contributed by atoms with E-state index in [0.29, 0.717) is 6.42 Å². The second kappa shape index (κ2) is 21.2. The zero-order chi connectivity index (χ0) is 38.2. The van der Waals surface area contributed by atoms with Crippen LogP contribution in [0.4, 0.5) is 0 Å². The minimum atomic E-state index is -1.96. The van der Waals surface area contributed by atoms with Crippen LogP contribution in [-0.2, 0) is 43.2 Å². The van der Waals surface area contributed by atoms with E-state index in [9.17, 15) is 58.5 Å². The number of carbonyl (C=O) groups excluding carboxylic acids is 5. The van der Waals surface area contributed by atoms with Crippen LogP contribution in [0.1, 0.15) is 73.1 Å². The number of carboxylic acids is 4. The summed E-state index contributed by atoms with van der Waals surface area (Å²) in [5, 5.41) is 58.2. The van der Waals surface area contributed by atoms with Gasteiger partial charge in [0.05, 0.1) is 25.0 Å². The zero-order valence-corrected chi connectivity index (χ0v) is 27.9. The second-order valence-electron chi connectivity index (χ2n) is 12.0. The predicted octanol–water partition coefficient (Wildman–Crippen LogP) is -2.89. The molecule has 0 saturated carbocycles. The van der Waals surface area contributed by atoms with E-state index in [1.807, 2.05) is 5.32 Å². The van der Waals surface area contributed by atoms with Crippen LogP contribution in [0.15, 0.2) is 0 Å². The number of aliphatic carboxylic acids is 4. The fourth-order valence-corrected chi connectivity index (χ4v) is 4.31. The summed E-state index contributed by atoms with van der Waals surface area (Å²) in [6.45, 7) is 7.86. The molecule has 278 valence electrons. The maximum atomic E-state index is 13.3. The van der Waals surface area contributed by atoms with Gasteiger partial charge < -0.3 is 57.9 Å². The van der Waals surface area contributed by atoms with Gasteiger partial charge in [0.15, 0.2) is 0 Å². The summed E-state index contributed by atoms with van der Waals surface area (Å²) in [4.78, 5) is 110. The molecule has 0 fully saturated rings.